The predicted molar refractivity (Wildman–Crippen MR) is 81.6 cm³/mol. The second kappa shape index (κ2) is 5.92. The molecule has 1 heterocycles. The Morgan fingerprint density at radius 2 is 2.05 bits per heavy atom. The SMILES string of the molecule is NNc1nc(NCCNC(=O)C2CC2)c2ccccc2n1. The van der Waals surface area contributed by atoms with Gasteiger partial charge in [-0.25, -0.2) is 10.8 Å². The molecule has 3 rings (SSSR count). The Morgan fingerprint density at radius 3 is 2.81 bits per heavy atom. The minimum atomic E-state index is 0.147. The van der Waals surface area contributed by atoms with E-state index in [1.807, 2.05) is 24.3 Å². The number of fused-ring (bicyclic) bond motifs is 1. The van der Waals surface area contributed by atoms with Crippen molar-refractivity contribution in [3.05, 3.63) is 24.3 Å². The molecule has 0 aliphatic heterocycles. The molecule has 0 bridgehead atoms. The third kappa shape index (κ3) is 3.19. The monoisotopic (exact) mass is 286 g/mol. The molecule has 5 N–H and O–H groups in total. The quantitative estimate of drug-likeness (QED) is 0.356. The lowest BCUT2D eigenvalue weighted by Gasteiger charge is -2.11. The first-order chi connectivity index (χ1) is 10.3. The summed E-state index contributed by atoms with van der Waals surface area (Å²) in [6.07, 6.45) is 2.03. The Kier molecular flexibility index (Phi) is 3.83. The van der Waals surface area contributed by atoms with Crippen molar-refractivity contribution in [1.29, 1.82) is 0 Å². The number of benzene rings is 1. The van der Waals surface area contributed by atoms with Crippen molar-refractivity contribution in [1.82, 2.24) is 15.3 Å². The molecule has 7 heteroatoms. The topological polar surface area (TPSA) is 105 Å². The maximum absolute atomic E-state index is 11.5. The normalized spacial score (nSPS) is 14.0. The zero-order valence-corrected chi connectivity index (χ0v) is 11.6. The second-order valence-electron chi connectivity index (χ2n) is 5.05. The number of amides is 1. The molecule has 2 aromatic rings. The van der Waals surface area contributed by atoms with Crippen LogP contribution in [-0.2, 0) is 4.79 Å². The second-order valence-corrected chi connectivity index (χ2v) is 5.05. The van der Waals surface area contributed by atoms with E-state index in [1.165, 1.54) is 0 Å². The summed E-state index contributed by atoms with van der Waals surface area (Å²) in [6, 6.07) is 7.69. The fraction of sp³-hybridized carbons (Fsp3) is 0.357. The van der Waals surface area contributed by atoms with Crippen LogP contribution in [0, 0.1) is 5.92 Å². The largest absolute Gasteiger partial charge is 0.368 e. The molecule has 1 fully saturated rings. The molecule has 0 unspecified atom stereocenters. The van der Waals surface area contributed by atoms with E-state index in [2.05, 4.69) is 26.0 Å². The van der Waals surface area contributed by atoms with Gasteiger partial charge in [0.15, 0.2) is 0 Å². The molecule has 21 heavy (non-hydrogen) atoms. The fourth-order valence-electron chi connectivity index (χ4n) is 2.13. The third-order valence-corrected chi connectivity index (χ3v) is 3.40. The third-order valence-electron chi connectivity index (χ3n) is 3.40. The highest BCUT2D eigenvalue weighted by molar-refractivity contribution is 5.90. The molecule has 7 nitrogen and oxygen atoms in total. The number of anilines is 2. The van der Waals surface area contributed by atoms with Crippen LogP contribution in [0.15, 0.2) is 24.3 Å². The molecule has 1 aliphatic carbocycles. The van der Waals surface area contributed by atoms with Gasteiger partial charge in [-0.2, -0.15) is 4.98 Å². The van der Waals surface area contributed by atoms with Gasteiger partial charge in [0.05, 0.1) is 5.52 Å². The highest BCUT2D eigenvalue weighted by Crippen LogP contribution is 2.28. The Balaban J connectivity index is 1.66. The standard InChI is InChI=1S/C14H18N6O/c15-20-14-18-11-4-2-1-3-10(11)12(19-14)16-7-8-17-13(21)9-5-6-9/h1-4,9H,5-8,15H2,(H,17,21)(H2,16,18,19,20). The average molecular weight is 286 g/mol. The molecule has 1 aliphatic rings. The van der Waals surface area contributed by atoms with Gasteiger partial charge in [0, 0.05) is 24.4 Å². The first-order valence-corrected chi connectivity index (χ1v) is 7.03. The highest BCUT2D eigenvalue weighted by Gasteiger charge is 2.28. The van der Waals surface area contributed by atoms with Crippen LogP contribution in [-0.4, -0.2) is 29.0 Å². The summed E-state index contributed by atoms with van der Waals surface area (Å²) in [7, 11) is 0. The molecule has 1 saturated carbocycles. The number of nitrogens with one attached hydrogen (secondary N) is 3. The van der Waals surface area contributed by atoms with Crippen molar-refractivity contribution >= 4 is 28.6 Å². The Labute approximate surface area is 122 Å². The van der Waals surface area contributed by atoms with E-state index in [0.29, 0.717) is 24.9 Å². The van der Waals surface area contributed by atoms with Gasteiger partial charge in [-0.3, -0.25) is 10.2 Å². The molecule has 1 amide bonds. The lowest BCUT2D eigenvalue weighted by Crippen LogP contribution is -2.30. The molecule has 1 aromatic heterocycles. The number of nitrogens with two attached hydrogens (primary N) is 1. The number of aromatic nitrogens is 2. The van der Waals surface area contributed by atoms with Crippen LogP contribution in [0.1, 0.15) is 12.8 Å². The van der Waals surface area contributed by atoms with Crippen LogP contribution in [0.4, 0.5) is 11.8 Å². The molecular formula is C14H18N6O. The average Bonchev–Trinajstić information content (AvgIpc) is 3.35. The number of rotatable bonds is 6. The Bertz CT molecular complexity index is 655. The Morgan fingerprint density at radius 1 is 1.24 bits per heavy atom. The van der Waals surface area contributed by atoms with Gasteiger partial charge < -0.3 is 10.6 Å². The summed E-state index contributed by atoms with van der Waals surface area (Å²) >= 11 is 0. The van der Waals surface area contributed by atoms with Crippen LogP contribution >= 0.6 is 0 Å². The summed E-state index contributed by atoms with van der Waals surface area (Å²) in [5.41, 5.74) is 3.27. The van der Waals surface area contributed by atoms with E-state index >= 15 is 0 Å². The fourth-order valence-corrected chi connectivity index (χ4v) is 2.13. The van der Waals surface area contributed by atoms with Gasteiger partial charge in [0.2, 0.25) is 11.9 Å². The molecule has 1 aromatic carbocycles. The van der Waals surface area contributed by atoms with Crippen molar-refractivity contribution in [3.8, 4) is 0 Å². The summed E-state index contributed by atoms with van der Waals surface area (Å²) in [6.45, 7) is 1.17. The van der Waals surface area contributed by atoms with Crippen molar-refractivity contribution < 1.29 is 4.79 Å². The van der Waals surface area contributed by atoms with Gasteiger partial charge >= 0.3 is 0 Å². The molecule has 110 valence electrons. The van der Waals surface area contributed by atoms with Crippen molar-refractivity contribution in [3.63, 3.8) is 0 Å². The van der Waals surface area contributed by atoms with Crippen molar-refractivity contribution in [2.75, 3.05) is 23.8 Å². The van der Waals surface area contributed by atoms with E-state index in [1.54, 1.807) is 0 Å². The van der Waals surface area contributed by atoms with Gasteiger partial charge in [0.1, 0.15) is 5.82 Å². The number of carbonyl (C=O) groups excluding carboxylic acids is 1. The van der Waals surface area contributed by atoms with E-state index in [0.717, 1.165) is 23.7 Å². The van der Waals surface area contributed by atoms with Gasteiger partial charge in [-0.1, -0.05) is 12.1 Å². The zero-order valence-electron chi connectivity index (χ0n) is 11.6. The summed E-state index contributed by atoms with van der Waals surface area (Å²) in [5.74, 6) is 6.83. The van der Waals surface area contributed by atoms with Crippen LogP contribution in [0.3, 0.4) is 0 Å². The molecule has 0 atom stereocenters. The van der Waals surface area contributed by atoms with Gasteiger partial charge in [0.25, 0.3) is 0 Å². The lowest BCUT2D eigenvalue weighted by molar-refractivity contribution is -0.122. The van der Waals surface area contributed by atoms with Gasteiger partial charge in [-0.15, -0.1) is 0 Å². The maximum Gasteiger partial charge on any atom is 0.239 e. The van der Waals surface area contributed by atoms with E-state index in [4.69, 9.17) is 5.84 Å². The van der Waals surface area contributed by atoms with Crippen LogP contribution in [0.2, 0.25) is 0 Å². The summed E-state index contributed by atoms with van der Waals surface area (Å²) in [5, 5.41) is 7.04. The lowest BCUT2D eigenvalue weighted by atomic mass is 10.2. The zero-order chi connectivity index (χ0) is 14.7. The number of carbonyl (C=O) groups is 1. The number of hydrogen-bond donors (Lipinski definition) is 4. The molecule has 0 radical (unpaired) electrons. The smallest absolute Gasteiger partial charge is 0.239 e. The van der Waals surface area contributed by atoms with Crippen molar-refractivity contribution in [2.24, 2.45) is 11.8 Å². The number of para-hydroxylation sites is 1. The minimum Gasteiger partial charge on any atom is -0.368 e. The van der Waals surface area contributed by atoms with Crippen LogP contribution in [0.5, 0.6) is 0 Å². The number of hydrazine groups is 1. The molecular weight excluding hydrogens is 268 g/mol. The molecule has 0 spiro atoms. The molecule has 0 saturated heterocycles. The Hall–Kier alpha value is -2.41. The van der Waals surface area contributed by atoms with E-state index in [-0.39, 0.29) is 11.8 Å². The highest BCUT2D eigenvalue weighted by atomic mass is 16.2. The van der Waals surface area contributed by atoms with Crippen LogP contribution in [0.25, 0.3) is 10.9 Å². The number of nitrogens with zero attached hydrogens (tertiary/aromatic N) is 2. The van der Waals surface area contributed by atoms with Crippen molar-refractivity contribution in [2.45, 2.75) is 12.8 Å². The first-order valence-electron chi connectivity index (χ1n) is 7.03. The van der Waals surface area contributed by atoms with Gasteiger partial charge in [-0.05, 0) is 25.0 Å². The van der Waals surface area contributed by atoms with Crippen LogP contribution < -0.4 is 21.9 Å². The number of nitrogen functional groups attached to an aromatic ring is 1. The summed E-state index contributed by atoms with van der Waals surface area (Å²) in [4.78, 5) is 20.1. The first kappa shape index (κ1) is 13.6. The number of hydrogen-bond acceptors (Lipinski definition) is 6. The minimum absolute atomic E-state index is 0.147. The maximum atomic E-state index is 11.5. The van der Waals surface area contributed by atoms with E-state index in [9.17, 15) is 4.79 Å². The predicted octanol–water partition coefficient (Wildman–Crippen LogP) is 0.853. The summed E-state index contributed by atoms with van der Waals surface area (Å²) < 4.78 is 0. The van der Waals surface area contributed by atoms with E-state index < -0.39 is 0 Å².